The summed E-state index contributed by atoms with van der Waals surface area (Å²) in [5, 5.41) is 6.03. The van der Waals surface area contributed by atoms with E-state index in [1.54, 1.807) is 0 Å². The van der Waals surface area contributed by atoms with Crippen LogP contribution in [0.25, 0.3) is 0 Å². The maximum absolute atomic E-state index is 14.2. The molecule has 0 spiro atoms. The summed E-state index contributed by atoms with van der Waals surface area (Å²) < 4.78 is 12.0. The zero-order valence-corrected chi connectivity index (χ0v) is 24.0. The van der Waals surface area contributed by atoms with Crippen molar-refractivity contribution in [2.24, 2.45) is 0 Å². The Morgan fingerprint density at radius 1 is 0.927 bits per heavy atom. The number of likely N-dealkylation sites (N-methyl/N-ethyl adjacent to an activating group) is 1. The van der Waals surface area contributed by atoms with Gasteiger partial charge in [-0.25, -0.2) is 4.79 Å². The second kappa shape index (κ2) is 11.2. The first-order valence-electron chi connectivity index (χ1n) is 15.7. The molecule has 2 unspecified atom stereocenters. The molecule has 2 N–H and O–H groups in total. The molecular formula is C33H42N4O4. The highest BCUT2D eigenvalue weighted by atomic mass is 16.5. The van der Waals surface area contributed by atoms with Crippen molar-refractivity contribution in [2.45, 2.75) is 100 Å². The summed E-state index contributed by atoms with van der Waals surface area (Å²) in [6, 6.07) is 15.3. The molecule has 3 amide bonds. The Balaban J connectivity index is 1.20. The maximum Gasteiger partial charge on any atom is 0.319 e. The van der Waals surface area contributed by atoms with Gasteiger partial charge in [0.1, 0.15) is 11.9 Å². The fraction of sp³-hybridized carbons (Fsp3) is 0.576. The van der Waals surface area contributed by atoms with Crippen LogP contribution in [0.1, 0.15) is 87.3 Å². The lowest BCUT2D eigenvalue weighted by Gasteiger charge is -2.42. The summed E-state index contributed by atoms with van der Waals surface area (Å²) in [5.41, 5.74) is 4.10. The van der Waals surface area contributed by atoms with E-state index in [1.807, 2.05) is 24.1 Å². The van der Waals surface area contributed by atoms with Gasteiger partial charge >= 0.3 is 6.03 Å². The summed E-state index contributed by atoms with van der Waals surface area (Å²) in [6.45, 7) is 1.48. The molecule has 2 aromatic carbocycles. The first kappa shape index (κ1) is 26.6. The van der Waals surface area contributed by atoms with Crippen LogP contribution >= 0.6 is 0 Å². The molecule has 0 radical (unpaired) electrons. The minimum absolute atomic E-state index is 0.0971. The van der Waals surface area contributed by atoms with Crippen molar-refractivity contribution in [1.82, 2.24) is 10.2 Å². The van der Waals surface area contributed by atoms with Crippen LogP contribution in [0.2, 0.25) is 0 Å². The molecule has 3 aliphatic carbocycles. The van der Waals surface area contributed by atoms with Crippen LogP contribution in [0.3, 0.4) is 0 Å². The van der Waals surface area contributed by atoms with Crippen molar-refractivity contribution in [3.05, 3.63) is 53.6 Å². The van der Waals surface area contributed by atoms with E-state index in [0.29, 0.717) is 12.1 Å². The van der Waals surface area contributed by atoms with Gasteiger partial charge in [0.2, 0.25) is 5.91 Å². The molecule has 4 fully saturated rings. The molecule has 0 aromatic heterocycles. The van der Waals surface area contributed by atoms with Gasteiger partial charge < -0.3 is 29.9 Å². The molecule has 2 heterocycles. The third-order valence-corrected chi connectivity index (χ3v) is 9.83. The molecule has 2 atom stereocenters. The first-order chi connectivity index (χ1) is 20.0. The number of amides is 3. The highest BCUT2D eigenvalue weighted by Gasteiger charge is 2.49. The van der Waals surface area contributed by atoms with Crippen LogP contribution in [-0.4, -0.2) is 61.3 Å². The minimum atomic E-state index is -0.283. The third kappa shape index (κ3) is 5.39. The Morgan fingerprint density at radius 2 is 1.66 bits per heavy atom. The Bertz CT molecular complexity index is 1260. The lowest BCUT2D eigenvalue weighted by molar-refractivity contribution is -0.132. The highest BCUT2D eigenvalue weighted by Crippen LogP contribution is 2.54. The van der Waals surface area contributed by atoms with E-state index in [-0.39, 0.29) is 36.0 Å². The Labute approximate surface area is 242 Å². The Hall–Kier alpha value is -3.26. The monoisotopic (exact) mass is 558 g/mol. The third-order valence-electron chi connectivity index (χ3n) is 9.83. The Morgan fingerprint density at radius 3 is 2.29 bits per heavy atom. The van der Waals surface area contributed by atoms with E-state index in [9.17, 15) is 9.59 Å². The Kier molecular flexibility index (Phi) is 7.27. The lowest BCUT2D eigenvalue weighted by atomic mass is 9.86. The van der Waals surface area contributed by atoms with E-state index in [0.717, 1.165) is 92.8 Å². The smallest absolute Gasteiger partial charge is 0.319 e. The number of ether oxygens (including phenoxy) is 2. The molecule has 8 nitrogen and oxygen atoms in total. The average Bonchev–Trinajstić information content (AvgIpc) is 3.73. The topological polar surface area (TPSA) is 83.1 Å². The number of nitrogens with zero attached hydrogens (tertiary/aromatic N) is 2. The van der Waals surface area contributed by atoms with Crippen molar-refractivity contribution < 1.29 is 19.1 Å². The van der Waals surface area contributed by atoms with Crippen LogP contribution in [-0.2, 0) is 9.53 Å². The SMILES string of the molecule is CN(C(=O)C1c2ccc(OC3CCOCC3)cc2N(C2CCC2)C1c1ccc(NC(=O)NC2CCC2)cc1)C1CC1. The number of hydrogen-bond donors (Lipinski definition) is 2. The molecule has 1 saturated heterocycles. The van der Waals surface area contributed by atoms with Crippen molar-refractivity contribution in [3.63, 3.8) is 0 Å². The van der Waals surface area contributed by atoms with Crippen molar-refractivity contribution in [3.8, 4) is 5.75 Å². The minimum Gasteiger partial charge on any atom is -0.490 e. The number of hydrogen-bond acceptors (Lipinski definition) is 5. The average molecular weight is 559 g/mol. The second-order valence-corrected chi connectivity index (χ2v) is 12.6. The molecule has 3 saturated carbocycles. The van der Waals surface area contributed by atoms with Gasteiger partial charge in [0.15, 0.2) is 0 Å². The molecule has 0 bridgehead atoms. The van der Waals surface area contributed by atoms with Crippen LogP contribution in [0, 0.1) is 0 Å². The van der Waals surface area contributed by atoms with E-state index in [1.165, 1.54) is 12.8 Å². The van der Waals surface area contributed by atoms with Gasteiger partial charge in [-0.2, -0.15) is 0 Å². The standard InChI is InChI=1S/C33H42N4O4/c1-36(24-12-13-24)32(38)30-28-15-14-27(41-26-16-18-40-19-17-26)20-29(28)37(25-6-3-7-25)31(30)21-8-10-23(11-9-21)35-33(39)34-22-4-2-5-22/h8-11,14-15,20,22,24-26,30-31H,2-7,12-13,16-19H2,1H3,(H2,34,35,39). The van der Waals surface area contributed by atoms with Crippen LogP contribution in [0.4, 0.5) is 16.2 Å². The highest BCUT2D eigenvalue weighted by molar-refractivity contribution is 5.91. The fourth-order valence-corrected chi connectivity index (χ4v) is 6.79. The molecule has 8 heteroatoms. The van der Waals surface area contributed by atoms with Crippen LogP contribution < -0.4 is 20.3 Å². The van der Waals surface area contributed by atoms with Crippen molar-refractivity contribution in [1.29, 1.82) is 0 Å². The number of benzene rings is 2. The molecule has 5 aliphatic rings. The molecule has 2 aromatic rings. The van der Waals surface area contributed by atoms with E-state index < -0.39 is 0 Å². The number of fused-ring (bicyclic) bond motifs is 1. The molecule has 41 heavy (non-hydrogen) atoms. The van der Waals surface area contributed by atoms with Gasteiger partial charge in [0.25, 0.3) is 0 Å². The van der Waals surface area contributed by atoms with Crippen LogP contribution in [0.5, 0.6) is 5.75 Å². The second-order valence-electron chi connectivity index (χ2n) is 12.6. The van der Waals surface area contributed by atoms with Gasteiger partial charge in [0.05, 0.1) is 25.2 Å². The lowest BCUT2D eigenvalue weighted by Crippen LogP contribution is -2.44. The summed E-state index contributed by atoms with van der Waals surface area (Å²) in [5.74, 6) is 0.786. The summed E-state index contributed by atoms with van der Waals surface area (Å²) in [6.07, 6.45) is 10.9. The van der Waals surface area contributed by atoms with Gasteiger partial charge in [-0.05, 0) is 80.7 Å². The largest absolute Gasteiger partial charge is 0.490 e. The van der Waals surface area contributed by atoms with Gasteiger partial charge in [-0.15, -0.1) is 0 Å². The van der Waals surface area contributed by atoms with E-state index >= 15 is 0 Å². The summed E-state index contributed by atoms with van der Waals surface area (Å²) in [4.78, 5) is 31.1. The zero-order chi connectivity index (χ0) is 27.9. The number of carbonyl (C=O) groups excluding carboxylic acids is 2. The normalized spacial score (nSPS) is 24.7. The predicted octanol–water partition coefficient (Wildman–Crippen LogP) is 5.74. The number of anilines is 2. The summed E-state index contributed by atoms with van der Waals surface area (Å²) >= 11 is 0. The van der Waals surface area contributed by atoms with Gasteiger partial charge in [0, 0.05) is 55.5 Å². The van der Waals surface area contributed by atoms with E-state index in [4.69, 9.17) is 9.47 Å². The number of rotatable bonds is 8. The first-order valence-corrected chi connectivity index (χ1v) is 15.7. The molecule has 2 aliphatic heterocycles. The zero-order valence-electron chi connectivity index (χ0n) is 24.0. The maximum atomic E-state index is 14.2. The quantitative estimate of drug-likeness (QED) is 0.432. The fourth-order valence-electron chi connectivity index (χ4n) is 6.79. The number of urea groups is 1. The number of nitrogens with one attached hydrogen (secondary N) is 2. The predicted molar refractivity (Wildman–Crippen MR) is 159 cm³/mol. The van der Waals surface area contributed by atoms with Gasteiger partial charge in [-0.1, -0.05) is 18.2 Å². The van der Waals surface area contributed by atoms with Crippen LogP contribution in [0.15, 0.2) is 42.5 Å². The van der Waals surface area contributed by atoms with Crippen molar-refractivity contribution in [2.75, 3.05) is 30.5 Å². The molecule has 7 rings (SSSR count). The molecule has 218 valence electrons. The van der Waals surface area contributed by atoms with E-state index in [2.05, 4.69) is 45.9 Å². The number of carbonyl (C=O) groups is 2. The summed E-state index contributed by atoms with van der Waals surface area (Å²) in [7, 11) is 1.97. The molecular weight excluding hydrogens is 516 g/mol. The van der Waals surface area contributed by atoms with Gasteiger partial charge in [-0.3, -0.25) is 4.79 Å². The van der Waals surface area contributed by atoms with Crippen molar-refractivity contribution >= 4 is 23.3 Å².